The van der Waals surface area contributed by atoms with Crippen molar-refractivity contribution in [1.82, 2.24) is 10.6 Å². The van der Waals surface area contributed by atoms with Crippen LogP contribution in [0.25, 0.3) is 0 Å². The lowest BCUT2D eigenvalue weighted by molar-refractivity contribution is -0.123. The average Bonchev–Trinajstić information content (AvgIpc) is 3.01. The Morgan fingerprint density at radius 2 is 2.05 bits per heavy atom. The smallest absolute Gasteiger partial charge is 0.237 e. The molecule has 1 aromatic carbocycles. The number of β-amino-alcohol motifs (C(OH)–C–C–N with tert-alkyl or cyclic N) is 1. The van der Waals surface area contributed by atoms with E-state index < -0.39 is 6.10 Å². The van der Waals surface area contributed by atoms with Crippen LogP contribution in [0.15, 0.2) is 30.3 Å². The number of rotatable bonds is 4. The van der Waals surface area contributed by atoms with Crippen molar-refractivity contribution >= 4 is 5.91 Å². The summed E-state index contributed by atoms with van der Waals surface area (Å²) in [6.07, 6.45) is 1.91. The molecule has 2 aliphatic heterocycles. The van der Waals surface area contributed by atoms with Gasteiger partial charge < -0.3 is 20.5 Å². The molecule has 2 saturated heterocycles. The van der Waals surface area contributed by atoms with Gasteiger partial charge in [0.1, 0.15) is 0 Å². The summed E-state index contributed by atoms with van der Waals surface area (Å²) in [4.78, 5) is 12.3. The van der Waals surface area contributed by atoms with E-state index in [9.17, 15) is 9.90 Å². The van der Waals surface area contributed by atoms with E-state index in [0.717, 1.165) is 26.1 Å². The molecule has 0 bridgehead atoms. The Kier molecular flexibility index (Phi) is 4.76. The van der Waals surface area contributed by atoms with E-state index >= 15 is 0 Å². The molecule has 0 spiro atoms. The molecular formula is C17H24N2O3. The topological polar surface area (TPSA) is 70.6 Å². The molecule has 2 heterocycles. The second-order valence-corrected chi connectivity index (χ2v) is 6.33. The lowest BCUT2D eigenvalue weighted by atomic mass is 9.74. The molecule has 1 aromatic rings. The Labute approximate surface area is 131 Å². The third-order valence-electron chi connectivity index (χ3n) is 4.86. The van der Waals surface area contributed by atoms with E-state index in [4.69, 9.17) is 4.74 Å². The SMILES string of the molecule is O=C(NCC1(c2ccccc2)CCOCC1)[C@H]1C[C@@H](O)CN1. The van der Waals surface area contributed by atoms with Crippen LogP contribution in [0.1, 0.15) is 24.8 Å². The van der Waals surface area contributed by atoms with Crippen molar-refractivity contribution in [3.63, 3.8) is 0 Å². The number of hydrogen-bond donors (Lipinski definition) is 3. The molecule has 2 atom stereocenters. The molecule has 0 unspecified atom stereocenters. The highest BCUT2D eigenvalue weighted by molar-refractivity contribution is 5.82. The Balaban J connectivity index is 1.67. The van der Waals surface area contributed by atoms with Crippen LogP contribution in [-0.4, -0.2) is 49.5 Å². The number of benzene rings is 1. The maximum absolute atomic E-state index is 12.3. The minimum Gasteiger partial charge on any atom is -0.392 e. The van der Waals surface area contributed by atoms with E-state index in [1.54, 1.807) is 0 Å². The molecule has 0 saturated carbocycles. The van der Waals surface area contributed by atoms with Gasteiger partial charge in [-0.1, -0.05) is 30.3 Å². The van der Waals surface area contributed by atoms with Gasteiger partial charge in [-0.05, 0) is 24.8 Å². The van der Waals surface area contributed by atoms with Crippen LogP contribution in [0.2, 0.25) is 0 Å². The van der Waals surface area contributed by atoms with Gasteiger partial charge >= 0.3 is 0 Å². The van der Waals surface area contributed by atoms with Gasteiger partial charge in [-0.2, -0.15) is 0 Å². The van der Waals surface area contributed by atoms with E-state index in [1.807, 2.05) is 18.2 Å². The minimum absolute atomic E-state index is 0.0154. The third-order valence-corrected chi connectivity index (χ3v) is 4.86. The Bertz CT molecular complexity index is 500. The number of aliphatic hydroxyl groups excluding tert-OH is 1. The number of amides is 1. The second kappa shape index (κ2) is 6.77. The fraction of sp³-hybridized carbons (Fsp3) is 0.588. The summed E-state index contributed by atoms with van der Waals surface area (Å²) < 4.78 is 5.51. The highest BCUT2D eigenvalue weighted by Gasteiger charge is 2.36. The van der Waals surface area contributed by atoms with Crippen molar-refractivity contribution in [1.29, 1.82) is 0 Å². The van der Waals surface area contributed by atoms with Gasteiger partial charge in [0, 0.05) is 31.7 Å². The van der Waals surface area contributed by atoms with Gasteiger partial charge in [-0.15, -0.1) is 0 Å². The normalized spacial score (nSPS) is 27.5. The summed E-state index contributed by atoms with van der Waals surface area (Å²) in [7, 11) is 0. The van der Waals surface area contributed by atoms with Gasteiger partial charge in [0.05, 0.1) is 12.1 Å². The number of aliphatic hydroxyl groups is 1. The molecule has 1 amide bonds. The molecule has 2 aliphatic rings. The molecule has 3 N–H and O–H groups in total. The summed E-state index contributed by atoms with van der Waals surface area (Å²) in [6.45, 7) is 2.57. The van der Waals surface area contributed by atoms with E-state index in [0.29, 0.717) is 19.5 Å². The summed E-state index contributed by atoms with van der Waals surface area (Å²) >= 11 is 0. The molecular weight excluding hydrogens is 280 g/mol. The molecule has 5 nitrogen and oxygen atoms in total. The van der Waals surface area contributed by atoms with Crippen molar-refractivity contribution in [2.24, 2.45) is 0 Å². The fourth-order valence-electron chi connectivity index (χ4n) is 3.42. The van der Waals surface area contributed by atoms with Crippen molar-refractivity contribution in [3.05, 3.63) is 35.9 Å². The third kappa shape index (κ3) is 3.32. The maximum Gasteiger partial charge on any atom is 0.237 e. The van der Waals surface area contributed by atoms with E-state index in [1.165, 1.54) is 5.56 Å². The molecule has 0 aromatic heterocycles. The molecule has 2 fully saturated rings. The Morgan fingerprint density at radius 3 is 2.68 bits per heavy atom. The number of ether oxygens (including phenoxy) is 1. The molecule has 0 aliphatic carbocycles. The molecule has 0 radical (unpaired) electrons. The molecule has 120 valence electrons. The zero-order valence-electron chi connectivity index (χ0n) is 12.8. The first-order valence-electron chi connectivity index (χ1n) is 8.02. The highest BCUT2D eigenvalue weighted by atomic mass is 16.5. The summed E-state index contributed by atoms with van der Waals surface area (Å²) in [6, 6.07) is 10.1. The van der Waals surface area contributed by atoms with Crippen molar-refractivity contribution in [2.75, 3.05) is 26.3 Å². The van der Waals surface area contributed by atoms with Crippen molar-refractivity contribution in [3.8, 4) is 0 Å². The standard InChI is InChI=1S/C17H24N2O3/c20-14-10-15(18-11-14)16(21)19-12-17(6-8-22-9-7-17)13-4-2-1-3-5-13/h1-5,14-15,18,20H,6-12H2,(H,19,21)/t14-,15-/m1/s1. The lowest BCUT2D eigenvalue weighted by Crippen LogP contribution is -2.48. The quantitative estimate of drug-likeness (QED) is 0.761. The van der Waals surface area contributed by atoms with Gasteiger partial charge in [-0.25, -0.2) is 0 Å². The minimum atomic E-state index is -0.415. The van der Waals surface area contributed by atoms with Crippen LogP contribution in [0, 0.1) is 0 Å². The summed E-state index contributed by atoms with van der Waals surface area (Å²) in [5.74, 6) is -0.0154. The Morgan fingerprint density at radius 1 is 1.32 bits per heavy atom. The fourth-order valence-corrected chi connectivity index (χ4v) is 3.42. The van der Waals surface area contributed by atoms with Crippen LogP contribution in [0.3, 0.4) is 0 Å². The number of carbonyl (C=O) groups is 1. The van der Waals surface area contributed by atoms with Crippen molar-refractivity contribution < 1.29 is 14.6 Å². The van der Waals surface area contributed by atoms with E-state index in [2.05, 4.69) is 22.8 Å². The van der Waals surface area contributed by atoms with Crippen LogP contribution in [0.4, 0.5) is 0 Å². The predicted molar refractivity (Wildman–Crippen MR) is 83.6 cm³/mol. The number of nitrogens with one attached hydrogen (secondary N) is 2. The zero-order chi connectivity index (χ0) is 15.4. The monoisotopic (exact) mass is 304 g/mol. The van der Waals surface area contributed by atoms with Crippen LogP contribution < -0.4 is 10.6 Å². The van der Waals surface area contributed by atoms with Gasteiger partial charge in [0.2, 0.25) is 5.91 Å². The Hall–Kier alpha value is -1.43. The van der Waals surface area contributed by atoms with Crippen LogP contribution in [-0.2, 0) is 14.9 Å². The maximum atomic E-state index is 12.3. The summed E-state index contributed by atoms with van der Waals surface area (Å²) in [5.41, 5.74) is 1.21. The number of hydrogen-bond acceptors (Lipinski definition) is 4. The molecule has 3 rings (SSSR count). The highest BCUT2D eigenvalue weighted by Crippen LogP contribution is 2.34. The molecule has 22 heavy (non-hydrogen) atoms. The molecule has 5 heteroatoms. The van der Waals surface area contributed by atoms with Gasteiger partial charge in [0.25, 0.3) is 0 Å². The van der Waals surface area contributed by atoms with E-state index in [-0.39, 0.29) is 17.4 Å². The lowest BCUT2D eigenvalue weighted by Gasteiger charge is -2.38. The van der Waals surface area contributed by atoms with Crippen molar-refractivity contribution in [2.45, 2.75) is 36.8 Å². The van der Waals surface area contributed by atoms with Gasteiger partial charge in [-0.3, -0.25) is 4.79 Å². The zero-order valence-corrected chi connectivity index (χ0v) is 12.8. The first-order valence-corrected chi connectivity index (χ1v) is 8.02. The number of carbonyl (C=O) groups excluding carboxylic acids is 1. The second-order valence-electron chi connectivity index (χ2n) is 6.33. The van der Waals surface area contributed by atoms with Crippen LogP contribution in [0.5, 0.6) is 0 Å². The predicted octanol–water partition coefficient (Wildman–Crippen LogP) is 0.574. The van der Waals surface area contributed by atoms with Crippen LogP contribution >= 0.6 is 0 Å². The average molecular weight is 304 g/mol. The van der Waals surface area contributed by atoms with Gasteiger partial charge in [0.15, 0.2) is 0 Å². The first kappa shape index (κ1) is 15.5. The largest absolute Gasteiger partial charge is 0.392 e. The summed E-state index contributed by atoms with van der Waals surface area (Å²) in [5, 5.41) is 15.7. The first-order chi connectivity index (χ1) is 10.7.